The van der Waals surface area contributed by atoms with Crippen molar-refractivity contribution in [1.82, 2.24) is 16.0 Å². The summed E-state index contributed by atoms with van der Waals surface area (Å²) >= 11 is 0. The van der Waals surface area contributed by atoms with E-state index < -0.39 is 11.9 Å². The van der Waals surface area contributed by atoms with Crippen molar-refractivity contribution in [1.29, 1.82) is 0 Å². The molecule has 0 aliphatic heterocycles. The van der Waals surface area contributed by atoms with Crippen LogP contribution in [0.2, 0.25) is 0 Å². The lowest BCUT2D eigenvalue weighted by molar-refractivity contribution is -0.122. The normalized spacial score (nSPS) is 10.2. The summed E-state index contributed by atoms with van der Waals surface area (Å²) in [4.78, 5) is 54.5. The number of hydrogen-bond donors (Lipinski definition) is 6. The highest BCUT2D eigenvalue weighted by Crippen LogP contribution is 2.09. The Kier molecular flexibility index (Phi) is 95.8. The number of amides is 4. The monoisotopic (exact) mass is 996 g/mol. The Morgan fingerprint density at radius 3 is 1.28 bits per heavy atom. The van der Waals surface area contributed by atoms with Gasteiger partial charge >= 0.3 is 0 Å². The number of aliphatic hydroxyl groups excluding tert-OH is 1. The number of unbranched alkanes of at least 4 members (excludes halogenated alkanes) is 18. The third kappa shape index (κ3) is 92.1. The third-order valence-electron chi connectivity index (χ3n) is 9.72. The van der Waals surface area contributed by atoms with Gasteiger partial charge in [-0.2, -0.15) is 0 Å². The molecular formula is C54H117N5O10. The van der Waals surface area contributed by atoms with E-state index in [-0.39, 0.29) is 17.7 Å². The largest absolute Gasteiger partial charge is 0.400 e. The Hall–Kier alpha value is -2.69. The number of nitrogens with two attached hydrogens (primary N) is 2. The van der Waals surface area contributed by atoms with Crippen molar-refractivity contribution < 1.29 is 48.0 Å². The van der Waals surface area contributed by atoms with Crippen LogP contribution in [0.15, 0.2) is 0 Å². The average Bonchev–Trinajstić information content (AvgIpc) is 3.37. The second kappa shape index (κ2) is 82.2. The van der Waals surface area contributed by atoms with Crippen molar-refractivity contribution in [3.63, 3.8) is 0 Å². The van der Waals surface area contributed by atoms with Gasteiger partial charge in [0.15, 0.2) is 0 Å². The first kappa shape index (κ1) is 80.4. The van der Waals surface area contributed by atoms with Gasteiger partial charge in [0.25, 0.3) is 0 Å². The predicted molar refractivity (Wildman–Crippen MR) is 290 cm³/mol. The molecule has 0 radical (unpaired) electrons. The van der Waals surface area contributed by atoms with E-state index in [0.29, 0.717) is 98.0 Å². The average molecular weight is 997 g/mol. The highest BCUT2D eigenvalue weighted by atomic mass is 16.5. The summed E-state index contributed by atoms with van der Waals surface area (Å²) in [6, 6.07) is -0.532. The molecule has 0 bridgehead atoms. The molecule has 0 aromatic rings. The number of carbonyl (C=O) groups is 5. The summed E-state index contributed by atoms with van der Waals surface area (Å²) in [5.41, 5.74) is 10.5. The van der Waals surface area contributed by atoms with Gasteiger partial charge in [-0.25, -0.2) is 0 Å². The maximum atomic E-state index is 11.7. The molecule has 0 fully saturated rings. The van der Waals surface area contributed by atoms with E-state index in [4.69, 9.17) is 35.5 Å². The van der Waals surface area contributed by atoms with Crippen molar-refractivity contribution in [2.45, 2.75) is 242 Å². The topological polar surface area (TPSA) is 231 Å². The van der Waals surface area contributed by atoms with Gasteiger partial charge in [0, 0.05) is 66.1 Å². The van der Waals surface area contributed by atoms with Gasteiger partial charge in [-0.05, 0) is 32.1 Å². The lowest BCUT2D eigenvalue weighted by Crippen LogP contribution is -2.36. The first-order valence-corrected chi connectivity index (χ1v) is 27.6. The van der Waals surface area contributed by atoms with Gasteiger partial charge in [0.05, 0.1) is 45.7 Å². The minimum atomic E-state index is -0.532. The van der Waals surface area contributed by atoms with E-state index in [2.05, 4.69) is 43.6 Å². The number of primary amides is 1. The van der Waals surface area contributed by atoms with Crippen molar-refractivity contribution in [3.8, 4) is 0 Å². The number of methoxy groups -OCH3 is 1. The molecule has 8 N–H and O–H groups in total. The Morgan fingerprint density at radius 2 is 0.855 bits per heavy atom. The SMILES string of the molecule is CC.CC.CCC(=O)NCCCCCC(N)C(N)=O.CCCCCC=O.CCCCCCCCCC.CCCCCCCCCC(=O)NCCOCCOCCCC(=O)NCCOCCOC.CO. The molecule has 0 spiro atoms. The van der Waals surface area contributed by atoms with Gasteiger partial charge in [0.1, 0.15) is 6.29 Å². The summed E-state index contributed by atoms with van der Waals surface area (Å²) in [6.45, 7) is 24.0. The van der Waals surface area contributed by atoms with Crippen LogP contribution in [0.1, 0.15) is 236 Å². The maximum Gasteiger partial charge on any atom is 0.234 e. The van der Waals surface area contributed by atoms with Crippen LogP contribution < -0.4 is 27.4 Å². The highest BCUT2D eigenvalue weighted by molar-refractivity contribution is 5.79. The van der Waals surface area contributed by atoms with Crippen LogP contribution in [-0.4, -0.2) is 121 Å². The van der Waals surface area contributed by atoms with Crippen LogP contribution in [0.5, 0.6) is 0 Å². The zero-order chi connectivity index (χ0) is 53.7. The lowest BCUT2D eigenvalue weighted by atomic mass is 10.1. The summed E-state index contributed by atoms with van der Waals surface area (Å²) in [6.07, 6.45) is 30.7. The lowest BCUT2D eigenvalue weighted by Gasteiger charge is -2.08. The van der Waals surface area contributed by atoms with Crippen LogP contribution in [0.25, 0.3) is 0 Å². The van der Waals surface area contributed by atoms with Gasteiger partial charge < -0.3 is 56.3 Å². The number of ether oxygens (including phenoxy) is 4. The minimum Gasteiger partial charge on any atom is -0.400 e. The van der Waals surface area contributed by atoms with E-state index >= 15 is 0 Å². The van der Waals surface area contributed by atoms with Gasteiger partial charge in [-0.3, -0.25) is 19.2 Å². The molecule has 1 unspecified atom stereocenters. The maximum absolute atomic E-state index is 11.7. The predicted octanol–water partition coefficient (Wildman–Crippen LogP) is 10.3. The number of carbonyl (C=O) groups excluding carboxylic acids is 5. The van der Waals surface area contributed by atoms with Gasteiger partial charge in [-0.1, -0.05) is 178 Å². The van der Waals surface area contributed by atoms with E-state index in [1.807, 2.05) is 34.6 Å². The fourth-order valence-corrected chi connectivity index (χ4v) is 5.69. The molecule has 4 amide bonds. The van der Waals surface area contributed by atoms with Crippen molar-refractivity contribution in [2.24, 2.45) is 11.5 Å². The Bertz CT molecular complexity index is 959. The van der Waals surface area contributed by atoms with Crippen molar-refractivity contribution >= 4 is 29.9 Å². The first-order valence-electron chi connectivity index (χ1n) is 27.6. The van der Waals surface area contributed by atoms with Crippen LogP contribution in [0.4, 0.5) is 0 Å². The molecule has 0 aliphatic rings. The highest BCUT2D eigenvalue weighted by Gasteiger charge is 2.08. The molecule has 0 rings (SSSR count). The first-order chi connectivity index (χ1) is 33.6. The molecule has 15 heteroatoms. The minimum absolute atomic E-state index is 0.00225. The summed E-state index contributed by atoms with van der Waals surface area (Å²) in [5.74, 6) is -0.270. The van der Waals surface area contributed by atoms with E-state index in [1.165, 1.54) is 96.3 Å². The van der Waals surface area contributed by atoms with E-state index in [1.54, 1.807) is 7.11 Å². The smallest absolute Gasteiger partial charge is 0.234 e. The van der Waals surface area contributed by atoms with Gasteiger partial charge in [-0.15, -0.1) is 0 Å². The van der Waals surface area contributed by atoms with Crippen LogP contribution in [0, 0.1) is 0 Å². The second-order valence-corrected chi connectivity index (χ2v) is 15.9. The molecule has 0 saturated carbocycles. The molecule has 0 aromatic carbocycles. The van der Waals surface area contributed by atoms with Crippen molar-refractivity contribution in [2.75, 3.05) is 80.1 Å². The zero-order valence-electron chi connectivity index (χ0n) is 47.1. The second-order valence-electron chi connectivity index (χ2n) is 15.9. The summed E-state index contributed by atoms with van der Waals surface area (Å²) in [5, 5.41) is 15.5. The number of hydrogen-bond acceptors (Lipinski definition) is 11. The third-order valence-corrected chi connectivity index (χ3v) is 9.72. The molecular weight excluding hydrogens is 879 g/mol. The Balaban J connectivity index is -0.000000167. The quantitative estimate of drug-likeness (QED) is 0.0249. The zero-order valence-corrected chi connectivity index (χ0v) is 47.1. The fourth-order valence-electron chi connectivity index (χ4n) is 5.69. The number of aldehydes is 1. The standard InChI is InChI=1S/C23H46N2O6.C10H21N3O2.C10H22.C6H12O.2C2H6.CH4O/c1-3-4-5-6-7-8-9-11-22(26)24-14-17-31-21-20-29-15-10-12-23(27)25-13-16-30-19-18-28-2;1-2-9(14)13-7-5-3-4-6-8(11)10(12)15;1-3-5-7-9-10-8-6-4-2;1-2-3-4-5-6-7;3*1-2/h3-21H2,1-2H3,(H,24,26)(H,25,27);8H,2-7,11H2,1H3,(H2,12,15)(H,13,14);3-10H2,1-2H3;6H,2-5H2,1H3;2*1-2H3;2H,1H3. The van der Waals surface area contributed by atoms with Crippen LogP contribution in [-0.2, 0) is 42.9 Å². The molecule has 1 atom stereocenters. The molecule has 15 nitrogen and oxygen atoms in total. The van der Waals surface area contributed by atoms with Crippen LogP contribution >= 0.6 is 0 Å². The Morgan fingerprint density at radius 1 is 0.478 bits per heavy atom. The van der Waals surface area contributed by atoms with Crippen LogP contribution in [0.3, 0.4) is 0 Å². The number of aliphatic hydroxyl groups is 1. The molecule has 0 saturated heterocycles. The number of nitrogens with one attached hydrogen (secondary N) is 3. The number of rotatable bonds is 43. The fraction of sp³-hybridized carbons (Fsp3) is 0.907. The molecule has 69 heavy (non-hydrogen) atoms. The Labute approximate surface area is 426 Å². The molecule has 418 valence electrons. The molecule has 0 aliphatic carbocycles. The summed E-state index contributed by atoms with van der Waals surface area (Å²) < 4.78 is 21.0. The van der Waals surface area contributed by atoms with E-state index in [0.717, 1.165) is 58.3 Å². The van der Waals surface area contributed by atoms with Gasteiger partial charge in [0.2, 0.25) is 23.6 Å². The molecule has 0 heterocycles. The summed E-state index contributed by atoms with van der Waals surface area (Å²) in [7, 11) is 2.62. The van der Waals surface area contributed by atoms with Crippen molar-refractivity contribution in [3.05, 3.63) is 0 Å². The molecule has 0 aromatic heterocycles. The van der Waals surface area contributed by atoms with E-state index in [9.17, 15) is 24.0 Å².